The Kier molecular flexibility index (Phi) is 6.21. The van der Waals surface area contributed by atoms with Crippen LogP contribution in [0.25, 0.3) is 0 Å². The zero-order valence-electron chi connectivity index (χ0n) is 12.9. The minimum atomic E-state index is 0. The second kappa shape index (κ2) is 8.37. The third-order valence-electron chi connectivity index (χ3n) is 3.73. The molecule has 3 N–H and O–H groups in total. The van der Waals surface area contributed by atoms with E-state index in [9.17, 15) is 0 Å². The van der Waals surface area contributed by atoms with E-state index < -0.39 is 0 Å². The first kappa shape index (κ1) is 17.1. The average molecular weight is 326 g/mol. The van der Waals surface area contributed by atoms with Crippen LogP contribution in [0.4, 0.5) is 0 Å². The highest BCUT2D eigenvalue weighted by Crippen LogP contribution is 2.28. The summed E-state index contributed by atoms with van der Waals surface area (Å²) in [6.07, 6.45) is 0. The molecule has 0 saturated carbocycles. The number of hydrogen-bond donors (Lipinski definition) is 1. The standard InChI is InChI=1S/C20H19NO.ClH/c21-15-20(16-8-3-1-4-9-16)17-10-7-13-19(14-17)22-18-11-5-2-6-12-18;/h1-14,20H,15,21H2;1H. The highest BCUT2D eigenvalue weighted by atomic mass is 35.5. The number of rotatable bonds is 5. The Morgan fingerprint density at radius 2 is 1.26 bits per heavy atom. The van der Waals surface area contributed by atoms with Crippen LogP contribution in [0.2, 0.25) is 0 Å². The molecule has 0 spiro atoms. The van der Waals surface area contributed by atoms with Crippen molar-refractivity contribution < 1.29 is 22.9 Å². The summed E-state index contributed by atoms with van der Waals surface area (Å²) in [6, 6.07) is 28.6. The fourth-order valence-corrected chi connectivity index (χ4v) is 2.63. The van der Waals surface area contributed by atoms with E-state index >= 15 is 0 Å². The van der Waals surface area contributed by atoms with Crippen LogP contribution in [0.1, 0.15) is 17.0 Å². The van der Waals surface area contributed by atoms with Gasteiger partial charge < -0.3 is 22.9 Å². The van der Waals surface area contributed by atoms with Gasteiger partial charge in [0, 0.05) is 0 Å². The molecule has 0 saturated heterocycles. The first-order chi connectivity index (χ1) is 10.9. The highest BCUT2D eigenvalue weighted by molar-refractivity contribution is 5.39. The van der Waals surface area contributed by atoms with Crippen LogP contribution in [0, 0.1) is 0 Å². The molecule has 0 bridgehead atoms. The molecule has 3 heteroatoms. The maximum absolute atomic E-state index is 5.93. The summed E-state index contributed by atoms with van der Waals surface area (Å²) < 4.78 is 5.93. The number of quaternary nitrogens is 1. The van der Waals surface area contributed by atoms with Crippen LogP contribution in [0.15, 0.2) is 84.9 Å². The molecule has 1 atom stereocenters. The number of benzene rings is 3. The normalized spacial score (nSPS) is 11.3. The van der Waals surface area contributed by atoms with Crippen molar-refractivity contribution in [2.75, 3.05) is 6.54 Å². The molecule has 0 radical (unpaired) electrons. The maximum atomic E-state index is 5.93. The molecule has 0 aliphatic rings. The van der Waals surface area contributed by atoms with Crippen LogP contribution in [-0.2, 0) is 0 Å². The quantitative estimate of drug-likeness (QED) is 0.742. The largest absolute Gasteiger partial charge is 1.00 e. The van der Waals surface area contributed by atoms with Gasteiger partial charge in [-0.2, -0.15) is 0 Å². The first-order valence-electron chi connectivity index (χ1n) is 7.54. The summed E-state index contributed by atoms with van der Waals surface area (Å²) in [6.45, 7) is 0.818. The molecule has 0 aliphatic carbocycles. The lowest BCUT2D eigenvalue weighted by Crippen LogP contribution is -3.00. The minimum absolute atomic E-state index is 0. The molecule has 0 fully saturated rings. The minimum Gasteiger partial charge on any atom is -1.00 e. The van der Waals surface area contributed by atoms with Crippen LogP contribution < -0.4 is 22.9 Å². The van der Waals surface area contributed by atoms with Crippen LogP contribution in [-0.4, -0.2) is 6.54 Å². The number of para-hydroxylation sites is 1. The fourth-order valence-electron chi connectivity index (χ4n) is 2.63. The Hall–Kier alpha value is -2.29. The van der Waals surface area contributed by atoms with E-state index in [1.54, 1.807) is 0 Å². The lowest BCUT2D eigenvalue weighted by molar-refractivity contribution is -0.370. The molecule has 3 aromatic rings. The van der Waals surface area contributed by atoms with Crippen molar-refractivity contribution in [2.24, 2.45) is 0 Å². The van der Waals surface area contributed by atoms with E-state index in [1.165, 1.54) is 11.1 Å². The van der Waals surface area contributed by atoms with Gasteiger partial charge in [0.15, 0.2) is 0 Å². The summed E-state index contributed by atoms with van der Waals surface area (Å²) in [5.41, 5.74) is 6.63. The summed E-state index contributed by atoms with van der Waals surface area (Å²) in [4.78, 5) is 0. The van der Waals surface area contributed by atoms with Gasteiger partial charge in [0.25, 0.3) is 0 Å². The van der Waals surface area contributed by atoms with Crippen molar-refractivity contribution in [1.29, 1.82) is 0 Å². The average Bonchev–Trinajstić information content (AvgIpc) is 2.58. The van der Waals surface area contributed by atoms with Gasteiger partial charge in [0.05, 0.1) is 12.5 Å². The van der Waals surface area contributed by atoms with Crippen molar-refractivity contribution in [1.82, 2.24) is 0 Å². The van der Waals surface area contributed by atoms with Crippen molar-refractivity contribution in [3.05, 3.63) is 96.1 Å². The Balaban J connectivity index is 0.00000192. The van der Waals surface area contributed by atoms with Crippen molar-refractivity contribution in [3.63, 3.8) is 0 Å². The summed E-state index contributed by atoms with van der Waals surface area (Å²) >= 11 is 0. The van der Waals surface area contributed by atoms with E-state index in [0.717, 1.165) is 18.0 Å². The van der Waals surface area contributed by atoms with E-state index in [-0.39, 0.29) is 12.4 Å². The van der Waals surface area contributed by atoms with Gasteiger partial charge in [-0.15, -0.1) is 0 Å². The molecular formula is C20H20ClNO. The molecule has 0 amide bonds. The third-order valence-corrected chi connectivity index (χ3v) is 3.73. The SMILES string of the molecule is [Cl-].[NH3+]CC(c1ccccc1)c1cccc(Oc2ccccc2)c1. The lowest BCUT2D eigenvalue weighted by atomic mass is 9.91. The molecule has 0 heterocycles. The van der Waals surface area contributed by atoms with Gasteiger partial charge in [0.2, 0.25) is 0 Å². The fraction of sp³-hybridized carbons (Fsp3) is 0.100. The van der Waals surface area contributed by atoms with E-state index in [1.807, 2.05) is 48.5 Å². The lowest BCUT2D eigenvalue weighted by Gasteiger charge is -2.15. The second-order valence-electron chi connectivity index (χ2n) is 5.24. The monoisotopic (exact) mass is 325 g/mol. The summed E-state index contributed by atoms with van der Waals surface area (Å²) in [5.74, 6) is 2.00. The Morgan fingerprint density at radius 1 is 0.696 bits per heavy atom. The zero-order valence-corrected chi connectivity index (χ0v) is 13.6. The first-order valence-corrected chi connectivity index (χ1v) is 7.54. The Bertz CT molecular complexity index is 716. The van der Waals surface area contributed by atoms with Crippen LogP contribution in [0.5, 0.6) is 11.5 Å². The van der Waals surface area contributed by atoms with Gasteiger partial charge in [-0.25, -0.2) is 0 Å². The molecule has 0 aromatic heterocycles. The Labute approximate surface area is 143 Å². The van der Waals surface area contributed by atoms with Crippen molar-refractivity contribution in [3.8, 4) is 11.5 Å². The zero-order chi connectivity index (χ0) is 15.2. The van der Waals surface area contributed by atoms with Gasteiger partial charge in [0.1, 0.15) is 11.5 Å². The molecule has 0 aliphatic heterocycles. The van der Waals surface area contributed by atoms with E-state index in [4.69, 9.17) is 4.74 Å². The van der Waals surface area contributed by atoms with Crippen LogP contribution in [0.3, 0.4) is 0 Å². The molecule has 3 rings (SSSR count). The maximum Gasteiger partial charge on any atom is 0.127 e. The molecule has 3 aromatic carbocycles. The molecule has 118 valence electrons. The summed E-state index contributed by atoms with van der Waals surface area (Å²) in [5, 5.41) is 0. The summed E-state index contributed by atoms with van der Waals surface area (Å²) in [7, 11) is 0. The van der Waals surface area contributed by atoms with Crippen molar-refractivity contribution in [2.45, 2.75) is 5.92 Å². The second-order valence-corrected chi connectivity index (χ2v) is 5.24. The van der Waals surface area contributed by atoms with Gasteiger partial charge in [-0.3, -0.25) is 0 Å². The van der Waals surface area contributed by atoms with Crippen LogP contribution >= 0.6 is 0 Å². The molecular weight excluding hydrogens is 306 g/mol. The van der Waals surface area contributed by atoms with Gasteiger partial charge >= 0.3 is 0 Å². The highest BCUT2D eigenvalue weighted by Gasteiger charge is 2.14. The molecule has 2 nitrogen and oxygen atoms in total. The van der Waals surface area contributed by atoms with Gasteiger partial charge in [-0.05, 0) is 35.4 Å². The number of halogens is 1. The topological polar surface area (TPSA) is 36.9 Å². The number of hydrogen-bond acceptors (Lipinski definition) is 1. The predicted molar refractivity (Wildman–Crippen MR) is 89.0 cm³/mol. The third kappa shape index (κ3) is 4.35. The van der Waals surface area contributed by atoms with Gasteiger partial charge in [-0.1, -0.05) is 60.7 Å². The Morgan fingerprint density at radius 3 is 1.91 bits per heavy atom. The molecule has 23 heavy (non-hydrogen) atoms. The molecule has 1 unspecified atom stereocenters. The van der Waals surface area contributed by atoms with Crippen molar-refractivity contribution >= 4 is 0 Å². The number of ether oxygens (including phenoxy) is 1. The smallest absolute Gasteiger partial charge is 0.127 e. The predicted octanol–water partition coefficient (Wildman–Crippen LogP) is 0.857. The van der Waals surface area contributed by atoms with E-state index in [2.05, 4.69) is 42.1 Å². The van der Waals surface area contributed by atoms with E-state index in [0.29, 0.717) is 5.92 Å².